The highest BCUT2D eigenvalue weighted by atomic mass is 16.3. The van der Waals surface area contributed by atoms with Crippen LogP contribution in [0, 0.1) is 5.92 Å². The molecule has 3 unspecified atom stereocenters. The summed E-state index contributed by atoms with van der Waals surface area (Å²) in [6.45, 7) is 1.95. The molecule has 0 radical (unpaired) electrons. The predicted molar refractivity (Wildman–Crippen MR) is 71.0 cm³/mol. The molecule has 2 aliphatic rings. The maximum atomic E-state index is 10.1. The van der Waals surface area contributed by atoms with Crippen LogP contribution in [0.15, 0.2) is 24.4 Å². The molecular formula is C15H22N2O. The summed E-state index contributed by atoms with van der Waals surface area (Å²) in [6.07, 6.45) is 7.76. The van der Waals surface area contributed by atoms with E-state index in [2.05, 4.69) is 22.0 Å². The summed E-state index contributed by atoms with van der Waals surface area (Å²) in [4.78, 5) is 6.97. The molecular weight excluding hydrogens is 224 g/mol. The van der Waals surface area contributed by atoms with Crippen molar-refractivity contribution >= 4 is 0 Å². The molecule has 1 saturated carbocycles. The van der Waals surface area contributed by atoms with E-state index in [4.69, 9.17) is 0 Å². The number of piperidine rings is 1. The lowest BCUT2D eigenvalue weighted by molar-refractivity contribution is -0.0397. The maximum Gasteiger partial charge on any atom is 0.0595 e. The average Bonchev–Trinajstić information content (AvgIpc) is 2.44. The fourth-order valence-corrected chi connectivity index (χ4v) is 3.62. The van der Waals surface area contributed by atoms with Gasteiger partial charge in [-0.05, 0) is 31.4 Å². The first-order valence-electron chi connectivity index (χ1n) is 7.16. The molecule has 1 aliphatic heterocycles. The highest BCUT2D eigenvalue weighted by Gasteiger charge is 2.38. The lowest BCUT2D eigenvalue weighted by Crippen LogP contribution is -2.52. The van der Waals surface area contributed by atoms with Crippen LogP contribution in [0.1, 0.15) is 37.8 Å². The smallest absolute Gasteiger partial charge is 0.0595 e. The molecule has 3 atom stereocenters. The van der Waals surface area contributed by atoms with Gasteiger partial charge in [-0.2, -0.15) is 0 Å². The van der Waals surface area contributed by atoms with Crippen LogP contribution in [0.3, 0.4) is 0 Å². The molecule has 18 heavy (non-hydrogen) atoms. The molecule has 3 rings (SSSR count). The number of aliphatic hydroxyl groups is 1. The van der Waals surface area contributed by atoms with Crippen molar-refractivity contribution in [2.24, 2.45) is 5.92 Å². The second-order valence-electron chi connectivity index (χ2n) is 5.66. The maximum absolute atomic E-state index is 10.1. The molecule has 1 N–H and O–H groups in total. The third-order valence-electron chi connectivity index (χ3n) is 4.55. The first kappa shape index (κ1) is 12.1. The fourth-order valence-electron chi connectivity index (χ4n) is 3.62. The topological polar surface area (TPSA) is 36.4 Å². The zero-order valence-electron chi connectivity index (χ0n) is 10.8. The van der Waals surface area contributed by atoms with Crippen LogP contribution in [0.2, 0.25) is 0 Å². The Balaban J connectivity index is 1.71. The minimum atomic E-state index is -0.0738. The second kappa shape index (κ2) is 5.37. The summed E-state index contributed by atoms with van der Waals surface area (Å²) in [5.41, 5.74) is 1.15. The van der Waals surface area contributed by atoms with Crippen molar-refractivity contribution in [3.05, 3.63) is 30.1 Å². The minimum absolute atomic E-state index is 0.0738. The standard InChI is InChI=1S/C15H22N2O/c18-15-8-10-17(11-12-5-3-4-9-16-12)14-7-2-1-6-13(14)15/h3-5,9,13-15,18H,1-2,6-8,10-11H2. The number of rotatable bonds is 2. The zero-order valence-corrected chi connectivity index (χ0v) is 10.8. The van der Waals surface area contributed by atoms with E-state index in [0.717, 1.165) is 25.2 Å². The monoisotopic (exact) mass is 246 g/mol. The molecule has 3 heteroatoms. The molecule has 1 aliphatic carbocycles. The van der Waals surface area contributed by atoms with Gasteiger partial charge in [0.25, 0.3) is 0 Å². The molecule has 0 spiro atoms. The zero-order chi connectivity index (χ0) is 12.4. The summed E-state index contributed by atoms with van der Waals surface area (Å²) in [6, 6.07) is 6.69. The van der Waals surface area contributed by atoms with Crippen LogP contribution >= 0.6 is 0 Å². The van der Waals surface area contributed by atoms with Gasteiger partial charge in [0, 0.05) is 31.2 Å². The third kappa shape index (κ3) is 2.43. The van der Waals surface area contributed by atoms with Gasteiger partial charge in [-0.3, -0.25) is 9.88 Å². The van der Waals surface area contributed by atoms with Crippen molar-refractivity contribution in [2.75, 3.05) is 6.54 Å². The van der Waals surface area contributed by atoms with Gasteiger partial charge in [0.1, 0.15) is 0 Å². The van der Waals surface area contributed by atoms with Gasteiger partial charge >= 0.3 is 0 Å². The Morgan fingerprint density at radius 1 is 1.22 bits per heavy atom. The van der Waals surface area contributed by atoms with E-state index in [0.29, 0.717) is 12.0 Å². The number of nitrogens with zero attached hydrogens (tertiary/aromatic N) is 2. The molecule has 1 aromatic heterocycles. The van der Waals surface area contributed by atoms with Gasteiger partial charge in [0.2, 0.25) is 0 Å². The Hall–Kier alpha value is -0.930. The predicted octanol–water partition coefficient (Wildman–Crippen LogP) is 2.21. The van der Waals surface area contributed by atoms with E-state index in [1.165, 1.54) is 25.7 Å². The summed E-state index contributed by atoms with van der Waals surface area (Å²) in [5, 5.41) is 10.1. The quantitative estimate of drug-likeness (QED) is 0.869. The normalized spacial score (nSPS) is 33.1. The lowest BCUT2D eigenvalue weighted by Gasteiger charge is -2.46. The molecule has 3 nitrogen and oxygen atoms in total. The van der Waals surface area contributed by atoms with E-state index in [-0.39, 0.29) is 6.10 Å². The van der Waals surface area contributed by atoms with Gasteiger partial charge in [-0.15, -0.1) is 0 Å². The first-order valence-corrected chi connectivity index (χ1v) is 7.16. The number of aromatic nitrogens is 1. The van der Waals surface area contributed by atoms with Gasteiger partial charge < -0.3 is 5.11 Å². The van der Waals surface area contributed by atoms with Crippen molar-refractivity contribution in [1.82, 2.24) is 9.88 Å². The Morgan fingerprint density at radius 3 is 2.94 bits per heavy atom. The van der Waals surface area contributed by atoms with Gasteiger partial charge in [0.15, 0.2) is 0 Å². The van der Waals surface area contributed by atoms with E-state index < -0.39 is 0 Å². The number of fused-ring (bicyclic) bond motifs is 1. The minimum Gasteiger partial charge on any atom is -0.393 e. The van der Waals surface area contributed by atoms with E-state index >= 15 is 0 Å². The molecule has 0 bridgehead atoms. The van der Waals surface area contributed by atoms with E-state index in [1.54, 1.807) is 0 Å². The Labute approximate surface area is 109 Å². The number of pyridine rings is 1. The Kier molecular flexibility index (Phi) is 3.62. The number of hydrogen-bond acceptors (Lipinski definition) is 3. The molecule has 0 aromatic carbocycles. The van der Waals surface area contributed by atoms with Crippen molar-refractivity contribution in [3.63, 3.8) is 0 Å². The number of aliphatic hydroxyl groups excluding tert-OH is 1. The summed E-state index contributed by atoms with van der Waals surface area (Å²) >= 11 is 0. The summed E-state index contributed by atoms with van der Waals surface area (Å²) in [5.74, 6) is 0.496. The average molecular weight is 246 g/mol. The summed E-state index contributed by atoms with van der Waals surface area (Å²) < 4.78 is 0. The van der Waals surface area contributed by atoms with Crippen molar-refractivity contribution < 1.29 is 5.11 Å². The van der Waals surface area contributed by atoms with Gasteiger partial charge in [-0.25, -0.2) is 0 Å². The van der Waals surface area contributed by atoms with Crippen LogP contribution in [0.25, 0.3) is 0 Å². The Bertz CT molecular complexity index is 381. The number of hydrogen-bond donors (Lipinski definition) is 1. The fraction of sp³-hybridized carbons (Fsp3) is 0.667. The van der Waals surface area contributed by atoms with Crippen LogP contribution < -0.4 is 0 Å². The third-order valence-corrected chi connectivity index (χ3v) is 4.55. The second-order valence-corrected chi connectivity index (χ2v) is 5.66. The van der Waals surface area contributed by atoms with Crippen molar-refractivity contribution in [2.45, 2.75) is 50.8 Å². The van der Waals surface area contributed by atoms with Crippen LogP contribution in [-0.4, -0.2) is 33.7 Å². The van der Waals surface area contributed by atoms with Crippen LogP contribution in [-0.2, 0) is 6.54 Å². The largest absolute Gasteiger partial charge is 0.393 e. The molecule has 2 fully saturated rings. The molecule has 0 amide bonds. The molecule has 1 aromatic rings. The molecule has 1 saturated heterocycles. The number of likely N-dealkylation sites (tertiary alicyclic amines) is 1. The lowest BCUT2D eigenvalue weighted by atomic mass is 9.76. The highest BCUT2D eigenvalue weighted by molar-refractivity contribution is 5.04. The molecule has 98 valence electrons. The SMILES string of the molecule is OC1CCN(Cc2ccccn2)C2CCCCC12. The summed E-state index contributed by atoms with van der Waals surface area (Å²) in [7, 11) is 0. The molecule has 2 heterocycles. The van der Waals surface area contributed by atoms with Crippen molar-refractivity contribution in [1.29, 1.82) is 0 Å². The van der Waals surface area contributed by atoms with E-state index in [1.807, 2.05) is 12.3 Å². The Morgan fingerprint density at radius 2 is 2.11 bits per heavy atom. The van der Waals surface area contributed by atoms with Gasteiger partial charge in [0.05, 0.1) is 11.8 Å². The van der Waals surface area contributed by atoms with E-state index in [9.17, 15) is 5.11 Å². The highest BCUT2D eigenvalue weighted by Crippen LogP contribution is 2.36. The van der Waals surface area contributed by atoms with Crippen LogP contribution in [0.5, 0.6) is 0 Å². The van der Waals surface area contributed by atoms with Gasteiger partial charge in [-0.1, -0.05) is 18.9 Å². The first-order chi connectivity index (χ1) is 8.84. The van der Waals surface area contributed by atoms with Crippen molar-refractivity contribution in [3.8, 4) is 0 Å². The van der Waals surface area contributed by atoms with Crippen LogP contribution in [0.4, 0.5) is 0 Å².